The minimum absolute atomic E-state index is 0.126. The molecule has 3 aromatic carbocycles. The molecule has 1 aliphatic heterocycles. The van der Waals surface area contributed by atoms with Crippen LogP contribution in [0.1, 0.15) is 10.4 Å². The van der Waals surface area contributed by atoms with Crippen molar-refractivity contribution in [2.75, 3.05) is 44.2 Å². The van der Waals surface area contributed by atoms with Crippen LogP contribution in [0.4, 0.5) is 13.9 Å². The van der Waals surface area contributed by atoms with E-state index in [0.717, 1.165) is 44.5 Å². The molecule has 180 valence electrons. The number of aromatic nitrogens is 1. The molecule has 9 heteroatoms. The highest BCUT2D eigenvalue weighted by atomic mass is 32.1. The van der Waals surface area contributed by atoms with Gasteiger partial charge in [-0.2, -0.15) is 0 Å². The molecule has 1 saturated heterocycles. The third-order valence-electron chi connectivity index (χ3n) is 5.85. The molecule has 0 unspecified atom stereocenters. The van der Waals surface area contributed by atoms with Crippen molar-refractivity contribution in [3.8, 4) is 11.5 Å². The molecular formula is C26H24F2N4O2S. The molecule has 1 N–H and O–H groups in total. The monoisotopic (exact) mass is 494 g/mol. The lowest BCUT2D eigenvalue weighted by atomic mass is 10.2. The van der Waals surface area contributed by atoms with E-state index in [2.05, 4.69) is 20.1 Å². The van der Waals surface area contributed by atoms with Crippen LogP contribution in [-0.4, -0.2) is 55.1 Å². The Morgan fingerprint density at radius 1 is 0.971 bits per heavy atom. The first kappa shape index (κ1) is 23.2. The van der Waals surface area contributed by atoms with E-state index in [-0.39, 0.29) is 11.4 Å². The number of thiazole rings is 1. The molecule has 4 aromatic rings. The van der Waals surface area contributed by atoms with Gasteiger partial charge in [-0.25, -0.2) is 13.8 Å². The maximum absolute atomic E-state index is 14.0. The van der Waals surface area contributed by atoms with Crippen molar-refractivity contribution in [3.05, 3.63) is 83.9 Å². The number of hydrogen-bond acceptors (Lipinski definition) is 6. The number of para-hydroxylation sites is 1. The minimum Gasteiger partial charge on any atom is -0.457 e. The van der Waals surface area contributed by atoms with Gasteiger partial charge in [0.15, 0.2) is 10.9 Å². The van der Waals surface area contributed by atoms with Crippen molar-refractivity contribution in [3.63, 3.8) is 0 Å². The summed E-state index contributed by atoms with van der Waals surface area (Å²) in [7, 11) is 0. The Kier molecular flexibility index (Phi) is 6.87. The number of nitrogens with one attached hydrogen (secondary N) is 1. The van der Waals surface area contributed by atoms with E-state index < -0.39 is 11.6 Å². The lowest BCUT2D eigenvalue weighted by Gasteiger charge is -2.34. The second kappa shape index (κ2) is 10.4. The number of hydrogen-bond donors (Lipinski definition) is 1. The van der Waals surface area contributed by atoms with Crippen LogP contribution in [0, 0.1) is 11.6 Å². The van der Waals surface area contributed by atoms with Crippen LogP contribution in [0.15, 0.2) is 66.7 Å². The predicted octanol–water partition coefficient (Wildman–Crippen LogP) is 4.92. The summed E-state index contributed by atoms with van der Waals surface area (Å²) in [6, 6.07) is 18.7. The molecule has 0 bridgehead atoms. The number of rotatable bonds is 7. The number of benzene rings is 3. The zero-order valence-corrected chi connectivity index (χ0v) is 19.7. The number of nitrogens with zero attached hydrogens (tertiary/aromatic N) is 3. The summed E-state index contributed by atoms with van der Waals surface area (Å²) in [6.07, 6.45) is 0. The topological polar surface area (TPSA) is 57.7 Å². The summed E-state index contributed by atoms with van der Waals surface area (Å²) >= 11 is 1.30. The van der Waals surface area contributed by atoms with Gasteiger partial charge in [0, 0.05) is 50.9 Å². The fraction of sp³-hybridized carbons (Fsp3) is 0.231. The predicted molar refractivity (Wildman–Crippen MR) is 133 cm³/mol. The number of ether oxygens (including phenoxy) is 1. The number of amides is 1. The second-order valence-corrected chi connectivity index (χ2v) is 9.26. The molecule has 6 nitrogen and oxygen atoms in total. The maximum Gasteiger partial charge on any atom is 0.251 e. The molecule has 1 aromatic heterocycles. The van der Waals surface area contributed by atoms with E-state index >= 15 is 0 Å². The first-order chi connectivity index (χ1) is 17.0. The highest BCUT2D eigenvalue weighted by Crippen LogP contribution is 2.31. The zero-order valence-electron chi connectivity index (χ0n) is 18.9. The van der Waals surface area contributed by atoms with Gasteiger partial charge in [0.05, 0.1) is 4.70 Å². The van der Waals surface area contributed by atoms with Crippen LogP contribution in [0.25, 0.3) is 10.2 Å². The Hall–Kier alpha value is -3.56. The molecular weight excluding hydrogens is 470 g/mol. The fourth-order valence-corrected chi connectivity index (χ4v) is 5.03. The number of piperazine rings is 1. The lowest BCUT2D eigenvalue weighted by Crippen LogP contribution is -2.48. The van der Waals surface area contributed by atoms with E-state index in [1.54, 1.807) is 24.3 Å². The molecule has 0 radical (unpaired) electrons. The summed E-state index contributed by atoms with van der Waals surface area (Å²) in [4.78, 5) is 21.2. The Morgan fingerprint density at radius 3 is 2.43 bits per heavy atom. The summed E-state index contributed by atoms with van der Waals surface area (Å²) in [5, 5.41) is 3.67. The summed E-state index contributed by atoms with van der Waals surface area (Å²) in [6.45, 7) is 4.34. The van der Waals surface area contributed by atoms with Crippen LogP contribution < -0.4 is 15.0 Å². The molecule has 1 aliphatic rings. The van der Waals surface area contributed by atoms with Gasteiger partial charge in [-0.1, -0.05) is 29.5 Å². The third kappa shape index (κ3) is 5.58. The number of anilines is 1. The summed E-state index contributed by atoms with van der Waals surface area (Å²) < 4.78 is 33.7. The molecule has 0 saturated carbocycles. The lowest BCUT2D eigenvalue weighted by molar-refractivity contribution is 0.0947. The van der Waals surface area contributed by atoms with Gasteiger partial charge in [-0.05, 0) is 42.5 Å². The molecule has 0 atom stereocenters. The first-order valence-electron chi connectivity index (χ1n) is 11.4. The van der Waals surface area contributed by atoms with Crippen LogP contribution in [0.5, 0.6) is 11.5 Å². The van der Waals surface area contributed by atoms with Gasteiger partial charge in [0.2, 0.25) is 0 Å². The minimum atomic E-state index is -0.629. The van der Waals surface area contributed by atoms with Gasteiger partial charge < -0.3 is 15.0 Å². The Labute approximate surface area is 205 Å². The molecule has 1 amide bonds. The Balaban J connectivity index is 1.07. The number of fused-ring (bicyclic) bond motifs is 1. The highest BCUT2D eigenvalue weighted by molar-refractivity contribution is 7.22. The number of halogens is 2. The quantitative estimate of drug-likeness (QED) is 0.395. The van der Waals surface area contributed by atoms with Crippen LogP contribution in [-0.2, 0) is 0 Å². The average molecular weight is 495 g/mol. The molecule has 0 spiro atoms. The Bertz CT molecular complexity index is 1310. The summed E-state index contributed by atoms with van der Waals surface area (Å²) in [5.41, 5.74) is 0.797. The van der Waals surface area contributed by atoms with Gasteiger partial charge in [0.25, 0.3) is 5.91 Å². The standard InChI is InChI=1S/C26H24F2N4O2S/c27-19-16-22(28)24-23(17-19)35-26(30-24)32-14-12-31(13-15-32)11-10-29-25(33)18-6-8-21(9-7-18)34-20-4-2-1-3-5-20/h1-9,16-17H,10-15H2,(H,29,33). The van der Waals surface area contributed by atoms with Gasteiger partial charge in [-0.3, -0.25) is 9.69 Å². The van der Waals surface area contributed by atoms with Gasteiger partial charge in [0.1, 0.15) is 22.8 Å². The van der Waals surface area contributed by atoms with E-state index in [0.29, 0.717) is 27.7 Å². The molecule has 5 rings (SSSR count). The van der Waals surface area contributed by atoms with Crippen molar-refractivity contribution in [1.82, 2.24) is 15.2 Å². The highest BCUT2D eigenvalue weighted by Gasteiger charge is 2.21. The van der Waals surface area contributed by atoms with E-state index in [1.807, 2.05) is 30.3 Å². The van der Waals surface area contributed by atoms with Crippen LogP contribution >= 0.6 is 11.3 Å². The Morgan fingerprint density at radius 2 is 1.69 bits per heavy atom. The van der Waals surface area contributed by atoms with E-state index in [4.69, 9.17) is 4.74 Å². The smallest absolute Gasteiger partial charge is 0.251 e. The maximum atomic E-state index is 14.0. The van der Waals surface area contributed by atoms with E-state index in [1.165, 1.54) is 17.4 Å². The fourth-order valence-electron chi connectivity index (χ4n) is 3.97. The second-order valence-electron chi connectivity index (χ2n) is 8.25. The molecule has 0 aliphatic carbocycles. The average Bonchev–Trinajstić information content (AvgIpc) is 3.30. The zero-order chi connectivity index (χ0) is 24.2. The third-order valence-corrected chi connectivity index (χ3v) is 6.92. The van der Waals surface area contributed by atoms with Crippen molar-refractivity contribution >= 4 is 32.6 Å². The van der Waals surface area contributed by atoms with Crippen molar-refractivity contribution < 1.29 is 18.3 Å². The largest absolute Gasteiger partial charge is 0.457 e. The van der Waals surface area contributed by atoms with E-state index in [9.17, 15) is 13.6 Å². The summed E-state index contributed by atoms with van der Waals surface area (Å²) in [5.74, 6) is 0.0722. The molecule has 35 heavy (non-hydrogen) atoms. The normalized spacial score (nSPS) is 14.3. The van der Waals surface area contributed by atoms with Crippen molar-refractivity contribution in [1.29, 1.82) is 0 Å². The van der Waals surface area contributed by atoms with Gasteiger partial charge >= 0.3 is 0 Å². The number of carbonyl (C=O) groups is 1. The first-order valence-corrected chi connectivity index (χ1v) is 12.2. The van der Waals surface area contributed by atoms with Gasteiger partial charge in [-0.15, -0.1) is 0 Å². The molecule has 2 heterocycles. The van der Waals surface area contributed by atoms with Crippen LogP contribution in [0.3, 0.4) is 0 Å². The SMILES string of the molecule is O=C(NCCN1CCN(c2nc3c(F)cc(F)cc3s2)CC1)c1ccc(Oc2ccccc2)cc1. The number of carbonyl (C=O) groups excluding carboxylic acids is 1. The van der Waals surface area contributed by atoms with Crippen molar-refractivity contribution in [2.24, 2.45) is 0 Å². The van der Waals surface area contributed by atoms with Crippen LogP contribution in [0.2, 0.25) is 0 Å². The van der Waals surface area contributed by atoms with Crippen molar-refractivity contribution in [2.45, 2.75) is 0 Å². The molecule has 1 fully saturated rings.